The molecule has 1 aliphatic carbocycles. The number of fused-ring (bicyclic) bond motifs is 1. The summed E-state index contributed by atoms with van der Waals surface area (Å²) in [6, 6.07) is 12.5. The van der Waals surface area contributed by atoms with Crippen LogP contribution in [0.2, 0.25) is 0 Å². The molecule has 0 aliphatic heterocycles. The monoisotopic (exact) mass is 473 g/mol. The standard InChI is InChI=1S/C21H24BN3O5S2/c26-21(24-20(22(27)28)11-15-6-7-15)18(10-14-4-2-1-3-5-14)25-32(29,30)16-8-9-17-19(12-16)31-13-23-17/h1-5,8-9,12-13,15,18,20,25,27-28H,6-7,10-11H2,(H,24,26)/t18?,20-/m0/s1. The van der Waals surface area contributed by atoms with E-state index in [4.69, 9.17) is 0 Å². The molecule has 2 atom stereocenters. The van der Waals surface area contributed by atoms with E-state index in [9.17, 15) is 23.3 Å². The van der Waals surface area contributed by atoms with Crippen LogP contribution in [0.3, 0.4) is 0 Å². The molecule has 1 amide bonds. The number of aromatic nitrogens is 1. The lowest BCUT2D eigenvalue weighted by molar-refractivity contribution is -0.123. The molecule has 3 aromatic rings. The summed E-state index contributed by atoms with van der Waals surface area (Å²) in [5.74, 6) is -1.11. The van der Waals surface area contributed by atoms with Gasteiger partial charge >= 0.3 is 7.12 Å². The first-order chi connectivity index (χ1) is 15.3. The van der Waals surface area contributed by atoms with Crippen LogP contribution < -0.4 is 10.0 Å². The van der Waals surface area contributed by atoms with Gasteiger partial charge in [0.05, 0.1) is 26.6 Å². The minimum atomic E-state index is -4.02. The van der Waals surface area contributed by atoms with Crippen LogP contribution in [0.25, 0.3) is 10.2 Å². The van der Waals surface area contributed by atoms with Crippen molar-refractivity contribution in [3.63, 3.8) is 0 Å². The molecule has 2 aromatic carbocycles. The van der Waals surface area contributed by atoms with Gasteiger partial charge in [0.15, 0.2) is 0 Å². The Balaban J connectivity index is 1.56. The molecule has 32 heavy (non-hydrogen) atoms. The lowest BCUT2D eigenvalue weighted by Crippen LogP contribution is -2.54. The van der Waals surface area contributed by atoms with Crippen LogP contribution in [0.4, 0.5) is 0 Å². The van der Waals surface area contributed by atoms with Crippen LogP contribution in [-0.4, -0.2) is 48.5 Å². The van der Waals surface area contributed by atoms with Gasteiger partial charge in [0.1, 0.15) is 6.04 Å². The zero-order valence-electron chi connectivity index (χ0n) is 17.2. The van der Waals surface area contributed by atoms with E-state index in [1.165, 1.54) is 23.5 Å². The molecule has 1 aromatic heterocycles. The number of carbonyl (C=O) groups is 1. The van der Waals surface area contributed by atoms with Crippen molar-refractivity contribution in [1.29, 1.82) is 0 Å². The molecule has 168 valence electrons. The van der Waals surface area contributed by atoms with Crippen LogP contribution in [0.1, 0.15) is 24.8 Å². The summed E-state index contributed by atoms with van der Waals surface area (Å²) in [7, 11) is -5.74. The van der Waals surface area contributed by atoms with Gasteiger partial charge in [0.25, 0.3) is 0 Å². The van der Waals surface area contributed by atoms with Crippen LogP contribution >= 0.6 is 11.3 Å². The molecule has 0 spiro atoms. The third kappa shape index (κ3) is 5.73. The Hall–Kier alpha value is -2.31. The van der Waals surface area contributed by atoms with Gasteiger partial charge in [-0.25, -0.2) is 13.4 Å². The maximum Gasteiger partial charge on any atom is 0.475 e. The second-order valence-corrected chi connectivity index (χ2v) is 10.7. The molecule has 11 heteroatoms. The fraction of sp³-hybridized carbons (Fsp3) is 0.333. The highest BCUT2D eigenvalue weighted by Crippen LogP contribution is 2.33. The van der Waals surface area contributed by atoms with E-state index >= 15 is 0 Å². The molecule has 1 saturated carbocycles. The molecule has 4 rings (SSSR count). The van der Waals surface area contributed by atoms with E-state index in [1.807, 2.05) is 18.2 Å². The Morgan fingerprint density at radius 2 is 1.94 bits per heavy atom. The summed E-state index contributed by atoms with van der Waals surface area (Å²) < 4.78 is 29.4. The summed E-state index contributed by atoms with van der Waals surface area (Å²) in [5.41, 5.74) is 3.12. The smallest absolute Gasteiger partial charge is 0.426 e. The third-order valence-corrected chi connectivity index (χ3v) is 7.74. The molecule has 4 N–H and O–H groups in total. The third-order valence-electron chi connectivity index (χ3n) is 5.48. The van der Waals surface area contributed by atoms with E-state index in [1.54, 1.807) is 23.7 Å². The number of rotatable bonds is 10. The lowest BCUT2D eigenvalue weighted by atomic mass is 9.76. The molecule has 1 unspecified atom stereocenters. The highest BCUT2D eigenvalue weighted by molar-refractivity contribution is 7.89. The number of amides is 1. The molecule has 8 nitrogen and oxygen atoms in total. The SMILES string of the molecule is O=C(N[C@@H](CC1CC1)B(O)O)C(Cc1ccccc1)NS(=O)(=O)c1ccc2ncsc2c1. The van der Waals surface area contributed by atoms with Gasteiger partial charge in [-0.2, -0.15) is 4.72 Å². The van der Waals surface area contributed by atoms with Gasteiger partial charge in [0, 0.05) is 0 Å². The van der Waals surface area contributed by atoms with Gasteiger partial charge in [-0.1, -0.05) is 43.2 Å². The number of benzene rings is 2. The van der Waals surface area contributed by atoms with E-state index in [2.05, 4.69) is 15.0 Å². The van der Waals surface area contributed by atoms with Crippen LogP contribution in [0.5, 0.6) is 0 Å². The predicted molar refractivity (Wildman–Crippen MR) is 123 cm³/mol. The lowest BCUT2D eigenvalue weighted by Gasteiger charge is -2.23. The number of carbonyl (C=O) groups excluding carboxylic acids is 1. The highest BCUT2D eigenvalue weighted by Gasteiger charge is 2.35. The van der Waals surface area contributed by atoms with Crippen LogP contribution in [0.15, 0.2) is 58.9 Å². The quantitative estimate of drug-likeness (QED) is 0.330. The first kappa shape index (κ1) is 22.9. The van der Waals surface area contributed by atoms with Crippen molar-refractivity contribution in [3.8, 4) is 0 Å². The minimum Gasteiger partial charge on any atom is -0.426 e. The Morgan fingerprint density at radius 3 is 2.62 bits per heavy atom. The maximum absolute atomic E-state index is 13.1. The van der Waals surface area contributed by atoms with Crippen molar-refractivity contribution in [2.24, 2.45) is 5.92 Å². The average molecular weight is 473 g/mol. The summed E-state index contributed by atoms with van der Waals surface area (Å²) in [6.07, 6.45) is 2.53. The zero-order valence-corrected chi connectivity index (χ0v) is 18.8. The number of nitrogens with one attached hydrogen (secondary N) is 2. The van der Waals surface area contributed by atoms with Gasteiger partial charge in [-0.05, 0) is 42.5 Å². The predicted octanol–water partition coefficient (Wildman–Crippen LogP) is 1.48. The topological polar surface area (TPSA) is 129 Å². The molecule has 1 heterocycles. The van der Waals surface area contributed by atoms with Crippen molar-refractivity contribution in [2.45, 2.75) is 42.6 Å². The van der Waals surface area contributed by atoms with E-state index < -0.39 is 35.0 Å². The van der Waals surface area contributed by atoms with Gasteiger partial charge in [0.2, 0.25) is 15.9 Å². The Bertz CT molecular complexity index is 1180. The molecule has 1 aliphatic rings. The first-order valence-corrected chi connectivity index (χ1v) is 12.7. The van der Waals surface area contributed by atoms with Crippen molar-refractivity contribution in [3.05, 3.63) is 59.6 Å². The zero-order chi connectivity index (χ0) is 22.7. The Labute approximate surface area is 190 Å². The van der Waals surface area contributed by atoms with E-state index in [-0.39, 0.29) is 11.3 Å². The van der Waals surface area contributed by atoms with E-state index in [0.717, 1.165) is 23.1 Å². The Morgan fingerprint density at radius 1 is 1.19 bits per heavy atom. The fourth-order valence-electron chi connectivity index (χ4n) is 3.55. The largest absolute Gasteiger partial charge is 0.475 e. The van der Waals surface area contributed by atoms with Crippen molar-refractivity contribution >= 4 is 44.6 Å². The van der Waals surface area contributed by atoms with E-state index in [0.29, 0.717) is 17.9 Å². The molecular weight excluding hydrogens is 449 g/mol. The van der Waals surface area contributed by atoms with Gasteiger partial charge in [-0.15, -0.1) is 11.3 Å². The fourth-order valence-corrected chi connectivity index (χ4v) is 5.56. The highest BCUT2D eigenvalue weighted by atomic mass is 32.2. The van der Waals surface area contributed by atoms with Crippen LogP contribution in [0, 0.1) is 5.92 Å². The van der Waals surface area contributed by atoms with Gasteiger partial charge in [-0.3, -0.25) is 4.79 Å². The van der Waals surface area contributed by atoms with Crippen molar-refractivity contribution in [1.82, 2.24) is 15.0 Å². The molecular formula is C21H24BN3O5S2. The summed E-state index contributed by atoms with van der Waals surface area (Å²) >= 11 is 1.33. The number of thiazole rings is 1. The molecule has 0 bridgehead atoms. The van der Waals surface area contributed by atoms with Gasteiger partial charge < -0.3 is 15.4 Å². The molecule has 0 saturated heterocycles. The summed E-state index contributed by atoms with van der Waals surface area (Å²) in [5, 5.41) is 22.0. The number of nitrogens with zero attached hydrogens (tertiary/aromatic N) is 1. The van der Waals surface area contributed by atoms with Crippen LogP contribution in [-0.2, 0) is 21.2 Å². The summed E-state index contributed by atoms with van der Waals surface area (Å²) in [4.78, 5) is 17.3. The summed E-state index contributed by atoms with van der Waals surface area (Å²) in [6.45, 7) is 0. The number of hydrogen-bond donors (Lipinski definition) is 4. The van der Waals surface area contributed by atoms with Crippen molar-refractivity contribution in [2.75, 3.05) is 0 Å². The second kappa shape index (κ2) is 9.68. The molecule has 0 radical (unpaired) electrons. The molecule has 1 fully saturated rings. The minimum absolute atomic E-state index is 0.0387. The second-order valence-electron chi connectivity index (χ2n) is 8.05. The maximum atomic E-state index is 13.1. The first-order valence-electron chi connectivity index (χ1n) is 10.4. The average Bonchev–Trinajstić information content (AvgIpc) is 3.46. The number of hydrogen-bond acceptors (Lipinski definition) is 7. The Kier molecular flexibility index (Phi) is 6.92. The normalized spacial score (nSPS) is 15.9. The van der Waals surface area contributed by atoms with Crippen molar-refractivity contribution < 1.29 is 23.3 Å². The number of sulfonamides is 1.